The molecule has 1 saturated heterocycles. The van der Waals surface area contributed by atoms with Crippen molar-refractivity contribution >= 4 is 88.9 Å². The van der Waals surface area contributed by atoms with Gasteiger partial charge in [-0.05, 0) is 179 Å². The van der Waals surface area contributed by atoms with Crippen LogP contribution in [0.15, 0.2) is 20.0 Å². The predicted molar refractivity (Wildman–Crippen MR) is 395 cm³/mol. The van der Waals surface area contributed by atoms with E-state index in [1.165, 1.54) is 0 Å². The Labute approximate surface area is 605 Å². The topological polar surface area (TPSA) is 676 Å². The molecule has 0 aromatic heterocycles. The minimum absolute atomic E-state index is 0.00226. The van der Waals surface area contributed by atoms with Gasteiger partial charge in [0, 0.05) is 26.2 Å². The van der Waals surface area contributed by atoms with Crippen LogP contribution in [0.25, 0.3) is 0 Å². The van der Waals surface area contributed by atoms with Gasteiger partial charge < -0.3 is 127 Å². The molecule has 0 saturated carbocycles. The molecule has 38 nitrogen and oxygen atoms in total. The number of carbonyl (C=O) groups is 11. The fraction of sp³-hybridized carbons (Fsp3) is 0.769. The number of amides is 10. The molecule has 103 heavy (non-hydrogen) atoms. The van der Waals surface area contributed by atoms with Crippen molar-refractivity contribution in [2.75, 3.05) is 52.4 Å². The first-order valence-electron chi connectivity index (χ1n) is 36.1. The third kappa shape index (κ3) is 39.9. The van der Waals surface area contributed by atoms with Crippen molar-refractivity contribution in [1.29, 1.82) is 0 Å². The van der Waals surface area contributed by atoms with E-state index in [4.69, 9.17) is 63.1 Å². The Kier molecular flexibility index (Phi) is 46.6. The molecule has 0 spiro atoms. The lowest BCUT2D eigenvalue weighted by molar-refractivity contribution is -0.142. The molecule has 34 N–H and O–H groups in total. The highest BCUT2D eigenvalue weighted by molar-refractivity contribution is 5.99. The molecule has 0 radical (unpaired) electrons. The van der Waals surface area contributed by atoms with Crippen molar-refractivity contribution in [3.63, 3.8) is 0 Å². The number of carboxylic acid groups (broad SMARTS) is 1. The zero-order chi connectivity index (χ0) is 77.6. The summed E-state index contributed by atoms with van der Waals surface area (Å²) in [5.41, 5.74) is 62.2. The zero-order valence-electron chi connectivity index (χ0n) is 61.4. The van der Waals surface area contributed by atoms with E-state index < -0.39 is 126 Å². The molecule has 12 atom stereocenters. The van der Waals surface area contributed by atoms with Gasteiger partial charge in [-0.15, -0.1) is 0 Å². The van der Waals surface area contributed by atoms with E-state index in [2.05, 4.69) is 78.5 Å². The maximum Gasteiger partial charge on any atom is 0.326 e. The van der Waals surface area contributed by atoms with Gasteiger partial charge in [-0.3, -0.25) is 67.9 Å². The van der Waals surface area contributed by atoms with Crippen LogP contribution < -0.4 is 122 Å². The summed E-state index contributed by atoms with van der Waals surface area (Å²) in [4.78, 5) is 172. The summed E-state index contributed by atoms with van der Waals surface area (Å²) < 4.78 is 0. The highest BCUT2D eigenvalue weighted by Gasteiger charge is 2.38. The van der Waals surface area contributed by atoms with Gasteiger partial charge in [0.05, 0.1) is 6.04 Å². The molecule has 0 bridgehead atoms. The number of nitrogens with zero attached hydrogens (tertiary/aromatic N) is 4. The number of aliphatic carboxylic acids is 1. The molecule has 38 heteroatoms. The Morgan fingerprint density at radius 2 is 0.641 bits per heavy atom. The molecule has 0 aliphatic carbocycles. The average Bonchev–Trinajstić information content (AvgIpc) is 1.18. The van der Waals surface area contributed by atoms with Crippen LogP contribution in [0.4, 0.5) is 0 Å². The molecular weight excluding hydrogens is 1340 g/mol. The number of aliphatic imine (C=N–C) groups is 4. The van der Waals surface area contributed by atoms with Gasteiger partial charge in [0.25, 0.3) is 0 Å². The van der Waals surface area contributed by atoms with Gasteiger partial charge in [0.1, 0.15) is 60.4 Å². The van der Waals surface area contributed by atoms with Crippen LogP contribution in [0.1, 0.15) is 183 Å². The fourth-order valence-corrected chi connectivity index (χ4v) is 11.1. The molecule has 0 aromatic carbocycles. The standard InChI is InChI=1S/C65H126N26O12/c1-7-39(6)50(91-51(92)40-22-14-30-77-40)60(101)87-46(26-18-34-81-65(75)76)55(96)84-43(23-15-31-78-62(69)70)53(94)82-41(19-8-11-27-66)52(93)83-42(20-9-12-28-67)56(97)89-48(35-37(2)3)58(99)86-44(24-16-32-79-63(71)72)54(95)85-45(25-17-33-80-64(73)74)57(98)90-49(36-38(4)5)59(100)88-47(61(102)103)21-10-13-29-68/h37-50,77H,7-36,66-68H2,1-6H3,(H,82,94)(H,83,93)(H,84,96)(H,85,95)(H,86,99)(H,87,101)(H,88,100)(H,89,97)(H,90,98)(H,91,92)(H,102,103)(H4,69,70,78)(H4,71,72,79)(H4,73,74,80)(H4,75,76,81)/t39-,40-,41-,42-,43-,44-,45-,46-,47-,48-,49-,50-/m0/s1. The van der Waals surface area contributed by atoms with Gasteiger partial charge >= 0.3 is 5.97 Å². The number of carbonyl (C=O) groups excluding carboxylic acids is 10. The van der Waals surface area contributed by atoms with E-state index in [9.17, 15) is 57.8 Å². The Hall–Kier alpha value is -8.91. The third-order valence-corrected chi connectivity index (χ3v) is 16.9. The fourth-order valence-electron chi connectivity index (χ4n) is 11.1. The lowest BCUT2D eigenvalue weighted by atomic mass is 9.97. The van der Waals surface area contributed by atoms with E-state index in [0.717, 1.165) is 6.42 Å². The van der Waals surface area contributed by atoms with Crippen LogP contribution in [0.2, 0.25) is 0 Å². The van der Waals surface area contributed by atoms with Crippen LogP contribution in [-0.2, 0) is 52.7 Å². The number of hydrogen-bond donors (Lipinski definition) is 23. The quantitative estimate of drug-likeness (QED) is 0.0153. The van der Waals surface area contributed by atoms with Crippen molar-refractivity contribution in [2.45, 2.75) is 249 Å². The summed E-state index contributed by atoms with van der Waals surface area (Å²) in [6.07, 6.45) is 4.52. The first-order chi connectivity index (χ1) is 48.8. The van der Waals surface area contributed by atoms with Gasteiger partial charge in [0.2, 0.25) is 59.1 Å². The Morgan fingerprint density at radius 3 is 0.893 bits per heavy atom. The van der Waals surface area contributed by atoms with Crippen LogP contribution >= 0.6 is 0 Å². The normalized spacial score (nSPS) is 15.8. The number of nitrogens with two attached hydrogens (primary N) is 11. The van der Waals surface area contributed by atoms with E-state index in [0.29, 0.717) is 64.5 Å². The maximum atomic E-state index is 14.8. The third-order valence-electron chi connectivity index (χ3n) is 16.9. The summed E-state index contributed by atoms with van der Waals surface area (Å²) in [5, 5.41) is 40.4. The van der Waals surface area contributed by atoms with E-state index >= 15 is 0 Å². The first kappa shape index (κ1) is 92.1. The molecule has 0 unspecified atom stereocenters. The summed E-state index contributed by atoms with van der Waals surface area (Å²) >= 11 is 0. The Morgan fingerprint density at radius 1 is 0.379 bits per heavy atom. The monoisotopic (exact) mass is 1460 g/mol. The van der Waals surface area contributed by atoms with Crippen molar-refractivity contribution in [1.82, 2.24) is 58.5 Å². The highest BCUT2D eigenvalue weighted by atomic mass is 16.4. The van der Waals surface area contributed by atoms with E-state index in [1.807, 2.05) is 6.92 Å². The lowest BCUT2D eigenvalue weighted by Crippen LogP contribution is -2.61. The van der Waals surface area contributed by atoms with Crippen molar-refractivity contribution in [3.8, 4) is 0 Å². The van der Waals surface area contributed by atoms with Crippen LogP contribution in [0.5, 0.6) is 0 Å². The Bertz CT molecular complexity index is 2750. The molecule has 1 rings (SSSR count). The van der Waals surface area contributed by atoms with Crippen LogP contribution in [-0.4, -0.2) is 213 Å². The summed E-state index contributed by atoms with van der Waals surface area (Å²) in [5.74, 6) is -10.6. The summed E-state index contributed by atoms with van der Waals surface area (Å²) in [7, 11) is 0. The second-order valence-electron chi connectivity index (χ2n) is 26.8. The molecule has 1 fully saturated rings. The summed E-state index contributed by atoms with van der Waals surface area (Å²) in [6.45, 7) is 12.3. The predicted octanol–water partition coefficient (Wildman–Crippen LogP) is -5.59. The second-order valence-corrected chi connectivity index (χ2v) is 26.8. The van der Waals surface area contributed by atoms with Gasteiger partial charge in [-0.2, -0.15) is 0 Å². The highest BCUT2D eigenvalue weighted by Crippen LogP contribution is 2.16. The molecule has 1 heterocycles. The number of rotatable bonds is 55. The molecular formula is C65H126N26O12. The van der Waals surface area contributed by atoms with Crippen molar-refractivity contribution in [3.05, 3.63) is 0 Å². The second kappa shape index (κ2) is 52.1. The van der Waals surface area contributed by atoms with Gasteiger partial charge in [-0.25, -0.2) is 4.79 Å². The molecule has 588 valence electrons. The van der Waals surface area contributed by atoms with Crippen molar-refractivity contribution in [2.24, 2.45) is 101 Å². The first-order valence-corrected chi connectivity index (χ1v) is 36.1. The van der Waals surface area contributed by atoms with E-state index in [-0.39, 0.29) is 170 Å². The summed E-state index contributed by atoms with van der Waals surface area (Å²) in [6, 6.07) is -13.7. The SMILES string of the molecule is CC[C@H](C)[C@H](NC(=O)[C@@H]1CCCN1)C(=O)N[C@@H](CCCN=C(N)N)C(=O)N[C@@H](CCCN=C(N)N)C(=O)N[C@@H](CCCCN)C(=O)N[C@@H](CCCCN)C(=O)N[C@@H](CC(C)C)C(=O)N[C@@H](CCCN=C(N)N)C(=O)N[C@@H](CCCN=C(N)N)C(=O)N[C@@H](CC(C)C)C(=O)N[C@@H](CCCCN)C(=O)O. The van der Waals surface area contributed by atoms with Crippen LogP contribution in [0, 0.1) is 17.8 Å². The number of carboxylic acids is 1. The zero-order valence-corrected chi connectivity index (χ0v) is 61.4. The minimum Gasteiger partial charge on any atom is -0.480 e. The minimum atomic E-state index is -1.43. The molecule has 1 aliphatic heterocycles. The smallest absolute Gasteiger partial charge is 0.326 e. The van der Waals surface area contributed by atoms with Gasteiger partial charge in [0.15, 0.2) is 23.8 Å². The number of nitrogens with one attached hydrogen (secondary N) is 11. The average molecular weight is 1460 g/mol. The molecule has 10 amide bonds. The van der Waals surface area contributed by atoms with Gasteiger partial charge in [-0.1, -0.05) is 48.0 Å². The largest absolute Gasteiger partial charge is 0.480 e. The maximum absolute atomic E-state index is 14.8. The van der Waals surface area contributed by atoms with Crippen LogP contribution in [0.3, 0.4) is 0 Å². The number of guanidine groups is 4. The lowest BCUT2D eigenvalue weighted by Gasteiger charge is -2.29. The Balaban J connectivity index is 3.86. The number of unbranched alkanes of at least 4 members (excludes halogenated alkanes) is 3. The van der Waals surface area contributed by atoms with Crippen molar-refractivity contribution < 1.29 is 57.8 Å². The van der Waals surface area contributed by atoms with E-state index in [1.54, 1.807) is 34.6 Å². The molecule has 0 aromatic rings. The number of hydrogen-bond acceptors (Lipinski definition) is 19. The molecule has 1 aliphatic rings.